The highest BCUT2D eigenvalue weighted by molar-refractivity contribution is 5.98. The number of nitrogens with zero attached hydrogens (tertiary/aromatic N) is 2. The second-order valence-electron chi connectivity index (χ2n) is 7.63. The molecule has 5 nitrogen and oxygen atoms in total. The van der Waals surface area contributed by atoms with Gasteiger partial charge in [0.1, 0.15) is 11.6 Å². The van der Waals surface area contributed by atoms with Crippen molar-refractivity contribution in [3.8, 4) is 0 Å². The molecule has 0 aliphatic carbocycles. The van der Waals surface area contributed by atoms with Crippen molar-refractivity contribution in [3.05, 3.63) is 59.2 Å². The van der Waals surface area contributed by atoms with Crippen LogP contribution in [0.4, 0.5) is 20.2 Å². The fraction of sp³-hybridized carbons (Fsp3) is 0.364. The van der Waals surface area contributed by atoms with Crippen LogP contribution < -0.4 is 10.6 Å². The first-order chi connectivity index (χ1) is 14.0. The second kappa shape index (κ2) is 9.00. The van der Waals surface area contributed by atoms with Gasteiger partial charge in [-0.1, -0.05) is 6.07 Å². The molecule has 4 rings (SSSR count). The van der Waals surface area contributed by atoms with Crippen LogP contribution in [0.5, 0.6) is 0 Å². The van der Waals surface area contributed by atoms with Crippen LogP contribution in [0.25, 0.3) is 0 Å². The maximum atomic E-state index is 13.9. The molecular weight excluding hydrogens is 412 g/mol. The molecule has 1 saturated heterocycles. The zero-order chi connectivity index (χ0) is 20.5. The Hall–Kier alpha value is -2.67. The van der Waals surface area contributed by atoms with Crippen LogP contribution >= 0.6 is 12.4 Å². The lowest BCUT2D eigenvalue weighted by molar-refractivity contribution is -0.123. The van der Waals surface area contributed by atoms with Gasteiger partial charge in [-0.3, -0.25) is 9.59 Å². The Morgan fingerprint density at radius 3 is 2.47 bits per heavy atom. The summed E-state index contributed by atoms with van der Waals surface area (Å²) in [5.41, 5.74) is 8.54. The van der Waals surface area contributed by atoms with E-state index in [4.69, 9.17) is 5.73 Å². The highest BCUT2D eigenvalue weighted by Crippen LogP contribution is 2.33. The van der Waals surface area contributed by atoms with E-state index in [1.54, 1.807) is 0 Å². The third-order valence-electron chi connectivity index (χ3n) is 5.85. The Kier molecular flexibility index (Phi) is 6.61. The monoisotopic (exact) mass is 435 g/mol. The fourth-order valence-electron chi connectivity index (χ4n) is 4.26. The maximum Gasteiger partial charge on any atom is 0.256 e. The summed E-state index contributed by atoms with van der Waals surface area (Å²) in [5, 5.41) is 0. The lowest BCUT2D eigenvalue weighted by Crippen LogP contribution is -2.46. The summed E-state index contributed by atoms with van der Waals surface area (Å²) in [6, 6.07) is 8.59. The lowest BCUT2D eigenvalue weighted by atomic mass is 9.92. The van der Waals surface area contributed by atoms with Crippen molar-refractivity contribution in [2.75, 3.05) is 30.3 Å². The number of amides is 2. The number of benzene rings is 2. The van der Waals surface area contributed by atoms with Crippen LogP contribution in [0.2, 0.25) is 0 Å². The summed E-state index contributed by atoms with van der Waals surface area (Å²) in [5.74, 6) is -2.19. The smallest absolute Gasteiger partial charge is 0.256 e. The van der Waals surface area contributed by atoms with E-state index in [9.17, 15) is 18.4 Å². The van der Waals surface area contributed by atoms with Gasteiger partial charge in [0.25, 0.3) is 5.91 Å². The molecule has 2 heterocycles. The van der Waals surface area contributed by atoms with Crippen molar-refractivity contribution in [3.63, 3.8) is 0 Å². The first kappa shape index (κ1) is 22.0. The molecule has 160 valence electrons. The zero-order valence-corrected chi connectivity index (χ0v) is 17.3. The molecule has 0 saturated carbocycles. The number of anilines is 2. The topological polar surface area (TPSA) is 66.6 Å². The van der Waals surface area contributed by atoms with Crippen molar-refractivity contribution >= 4 is 35.6 Å². The molecule has 2 amide bonds. The van der Waals surface area contributed by atoms with Gasteiger partial charge in [-0.15, -0.1) is 12.4 Å². The molecular formula is C22H24ClF2N3O2. The van der Waals surface area contributed by atoms with Crippen LogP contribution in [-0.4, -0.2) is 36.3 Å². The van der Waals surface area contributed by atoms with Gasteiger partial charge in [-0.2, -0.15) is 0 Å². The molecule has 30 heavy (non-hydrogen) atoms. The summed E-state index contributed by atoms with van der Waals surface area (Å²) in [6.45, 7) is 1.39. The average Bonchev–Trinajstić information content (AvgIpc) is 2.73. The molecule has 2 N–H and O–H groups in total. The predicted octanol–water partition coefficient (Wildman–Crippen LogP) is 3.80. The first-order valence-electron chi connectivity index (χ1n) is 9.89. The van der Waals surface area contributed by atoms with Gasteiger partial charge in [0.05, 0.1) is 5.56 Å². The van der Waals surface area contributed by atoms with Crippen molar-refractivity contribution < 1.29 is 18.4 Å². The highest BCUT2D eigenvalue weighted by Gasteiger charge is 2.33. The van der Waals surface area contributed by atoms with E-state index in [0.29, 0.717) is 44.2 Å². The molecule has 1 fully saturated rings. The van der Waals surface area contributed by atoms with E-state index in [2.05, 4.69) is 0 Å². The molecule has 2 aromatic carbocycles. The third-order valence-corrected chi connectivity index (χ3v) is 5.85. The molecule has 8 heteroatoms. The minimum Gasteiger partial charge on any atom is -0.398 e. The van der Waals surface area contributed by atoms with E-state index in [-0.39, 0.29) is 29.8 Å². The number of nitrogens with two attached hydrogens (primary N) is 1. The quantitative estimate of drug-likeness (QED) is 0.729. The Balaban J connectivity index is 0.00000256. The number of carbonyl (C=O) groups excluding carboxylic acids is 2. The standard InChI is InChI=1S/C22H23F2N3O2.ClH/c23-15-6-7-16(18(24)13-15)22(29)26-11-8-14(9-12-26)21(28)27-10-2-3-17-19(25)4-1-5-20(17)27;/h1,4-7,13-14H,2-3,8-12,25H2;1H. The van der Waals surface area contributed by atoms with Gasteiger partial charge < -0.3 is 15.5 Å². The summed E-state index contributed by atoms with van der Waals surface area (Å²) >= 11 is 0. The minimum absolute atomic E-state index is 0. The summed E-state index contributed by atoms with van der Waals surface area (Å²) in [6.07, 6.45) is 2.76. The minimum atomic E-state index is -0.865. The second-order valence-corrected chi connectivity index (χ2v) is 7.63. The van der Waals surface area contributed by atoms with Crippen LogP contribution in [0.1, 0.15) is 35.2 Å². The Labute approximate surface area is 180 Å². The van der Waals surface area contributed by atoms with Gasteiger partial charge in [-0.05, 0) is 55.5 Å². The van der Waals surface area contributed by atoms with Crippen molar-refractivity contribution in [2.45, 2.75) is 25.7 Å². The fourth-order valence-corrected chi connectivity index (χ4v) is 4.26. The number of likely N-dealkylation sites (tertiary alicyclic amines) is 1. The number of nitrogen functional groups attached to an aromatic ring is 1. The zero-order valence-electron chi connectivity index (χ0n) is 16.4. The van der Waals surface area contributed by atoms with Crippen molar-refractivity contribution in [2.24, 2.45) is 5.92 Å². The van der Waals surface area contributed by atoms with Gasteiger partial charge in [0.2, 0.25) is 5.91 Å². The molecule has 2 aromatic rings. The van der Waals surface area contributed by atoms with Gasteiger partial charge in [0.15, 0.2) is 0 Å². The highest BCUT2D eigenvalue weighted by atomic mass is 35.5. The first-order valence-corrected chi connectivity index (χ1v) is 9.89. The van der Waals surface area contributed by atoms with Gasteiger partial charge >= 0.3 is 0 Å². The Morgan fingerprint density at radius 1 is 1.03 bits per heavy atom. The largest absolute Gasteiger partial charge is 0.398 e. The van der Waals surface area contributed by atoms with E-state index in [1.807, 2.05) is 23.1 Å². The van der Waals surface area contributed by atoms with Crippen LogP contribution in [0.15, 0.2) is 36.4 Å². The van der Waals surface area contributed by atoms with Crippen molar-refractivity contribution in [1.82, 2.24) is 4.90 Å². The van der Waals surface area contributed by atoms with Gasteiger partial charge in [-0.25, -0.2) is 8.78 Å². The number of piperidine rings is 1. The van der Waals surface area contributed by atoms with E-state index >= 15 is 0 Å². The molecule has 0 atom stereocenters. The molecule has 2 aliphatic heterocycles. The number of hydrogen-bond acceptors (Lipinski definition) is 3. The van der Waals surface area contributed by atoms with Gasteiger partial charge in [0, 0.05) is 43.0 Å². The molecule has 0 unspecified atom stereocenters. The predicted molar refractivity (Wildman–Crippen MR) is 114 cm³/mol. The SMILES string of the molecule is Cl.Nc1cccc2c1CCCN2C(=O)C1CCN(C(=O)c2ccc(F)cc2F)CC1. The summed E-state index contributed by atoms with van der Waals surface area (Å²) in [7, 11) is 0. The molecule has 0 spiro atoms. The molecule has 2 aliphatic rings. The van der Waals surface area contributed by atoms with Crippen LogP contribution in [0.3, 0.4) is 0 Å². The molecule has 0 radical (unpaired) electrons. The molecule has 0 aromatic heterocycles. The van der Waals surface area contributed by atoms with E-state index < -0.39 is 17.5 Å². The average molecular weight is 436 g/mol. The number of hydrogen-bond donors (Lipinski definition) is 1. The lowest BCUT2D eigenvalue weighted by Gasteiger charge is -2.36. The normalized spacial score (nSPS) is 16.6. The molecule has 0 bridgehead atoms. The van der Waals surface area contributed by atoms with E-state index in [1.165, 1.54) is 11.0 Å². The number of halogens is 3. The van der Waals surface area contributed by atoms with Crippen LogP contribution in [0, 0.1) is 17.6 Å². The van der Waals surface area contributed by atoms with Crippen molar-refractivity contribution in [1.29, 1.82) is 0 Å². The van der Waals surface area contributed by atoms with Crippen LogP contribution in [-0.2, 0) is 11.2 Å². The number of rotatable bonds is 2. The Bertz CT molecular complexity index is 961. The van der Waals surface area contributed by atoms with E-state index in [0.717, 1.165) is 30.2 Å². The maximum absolute atomic E-state index is 13.9. The Morgan fingerprint density at radius 2 is 1.77 bits per heavy atom. The third kappa shape index (κ3) is 4.12. The summed E-state index contributed by atoms with van der Waals surface area (Å²) < 4.78 is 27.0. The number of carbonyl (C=O) groups is 2. The summed E-state index contributed by atoms with van der Waals surface area (Å²) in [4.78, 5) is 29.1. The number of fused-ring (bicyclic) bond motifs is 1.